The average Bonchev–Trinajstić information content (AvgIpc) is 2.91. The maximum absolute atomic E-state index is 11.8. The molecule has 1 aromatic carbocycles. The second kappa shape index (κ2) is 7.81. The number of benzene rings is 1. The molecule has 104 valence electrons. The minimum atomic E-state index is -0.0368. The van der Waals surface area contributed by atoms with Gasteiger partial charge in [0.1, 0.15) is 0 Å². The van der Waals surface area contributed by atoms with Gasteiger partial charge in [0, 0.05) is 12.2 Å². The molecule has 0 spiro atoms. The second-order valence-electron chi connectivity index (χ2n) is 4.01. The predicted octanol–water partition coefficient (Wildman–Crippen LogP) is 3.39. The predicted molar refractivity (Wildman–Crippen MR) is 84.2 cm³/mol. The van der Waals surface area contributed by atoms with Crippen LogP contribution in [0, 0.1) is 0 Å². The molecule has 0 saturated carbocycles. The van der Waals surface area contributed by atoms with E-state index < -0.39 is 0 Å². The zero-order valence-corrected chi connectivity index (χ0v) is 12.5. The molecule has 0 aliphatic rings. The smallest absolute Gasteiger partial charge is 0.226 e. The largest absolute Gasteiger partial charge is 0.300 e. The summed E-state index contributed by atoms with van der Waals surface area (Å²) in [6.07, 6.45) is 2.98. The summed E-state index contributed by atoms with van der Waals surface area (Å²) < 4.78 is 0.836. The number of carbonyl (C=O) groups is 1. The molecule has 4 nitrogen and oxygen atoms in total. The first-order valence-electron chi connectivity index (χ1n) is 6.19. The molecule has 0 radical (unpaired) electrons. The lowest BCUT2D eigenvalue weighted by Gasteiger charge is -2.01. The number of hydrogen-bond acceptors (Lipinski definition) is 5. The fraction of sp³-hybridized carbons (Fsp3) is 0.214. The van der Waals surface area contributed by atoms with Gasteiger partial charge in [0.2, 0.25) is 11.0 Å². The van der Waals surface area contributed by atoms with Crippen LogP contribution in [0.15, 0.2) is 47.3 Å². The van der Waals surface area contributed by atoms with Gasteiger partial charge in [-0.2, -0.15) is 0 Å². The summed E-state index contributed by atoms with van der Waals surface area (Å²) in [5, 5.41) is 11.3. The molecule has 0 bridgehead atoms. The third-order valence-corrected chi connectivity index (χ3v) is 4.43. The van der Waals surface area contributed by atoms with Gasteiger partial charge in [-0.1, -0.05) is 59.5 Å². The molecule has 20 heavy (non-hydrogen) atoms. The highest BCUT2D eigenvalue weighted by Gasteiger charge is 2.08. The van der Waals surface area contributed by atoms with E-state index >= 15 is 0 Å². The van der Waals surface area contributed by atoms with Crippen molar-refractivity contribution in [2.75, 3.05) is 11.1 Å². The molecule has 0 saturated heterocycles. The minimum absolute atomic E-state index is 0.0368. The van der Waals surface area contributed by atoms with Crippen molar-refractivity contribution < 1.29 is 4.79 Å². The fourth-order valence-electron chi connectivity index (χ4n) is 1.53. The van der Waals surface area contributed by atoms with Crippen molar-refractivity contribution in [1.82, 2.24) is 10.2 Å². The Morgan fingerprint density at radius 1 is 1.35 bits per heavy atom. The number of hydrogen-bond donors (Lipinski definition) is 1. The molecule has 1 heterocycles. The van der Waals surface area contributed by atoms with Crippen LogP contribution in [0.25, 0.3) is 0 Å². The van der Waals surface area contributed by atoms with Crippen molar-refractivity contribution in [2.24, 2.45) is 0 Å². The normalized spacial score (nSPS) is 10.2. The molecule has 6 heteroatoms. The molecule has 1 amide bonds. The lowest BCUT2D eigenvalue weighted by Crippen LogP contribution is -2.12. The first-order chi connectivity index (χ1) is 9.78. The van der Waals surface area contributed by atoms with Gasteiger partial charge in [-0.05, 0) is 12.0 Å². The summed E-state index contributed by atoms with van der Waals surface area (Å²) in [4.78, 5) is 11.8. The summed E-state index contributed by atoms with van der Waals surface area (Å²) in [6, 6.07) is 9.94. The van der Waals surface area contributed by atoms with Crippen LogP contribution in [0.4, 0.5) is 5.13 Å². The van der Waals surface area contributed by atoms with E-state index in [0.717, 1.165) is 22.1 Å². The van der Waals surface area contributed by atoms with Crippen molar-refractivity contribution in [3.8, 4) is 0 Å². The summed E-state index contributed by atoms with van der Waals surface area (Å²) in [5.74, 6) is 0.751. The number of carbonyl (C=O) groups excluding carboxylic acids is 1. The topological polar surface area (TPSA) is 54.9 Å². The zero-order valence-electron chi connectivity index (χ0n) is 10.9. The molecule has 2 aromatic rings. The van der Waals surface area contributed by atoms with Crippen LogP contribution >= 0.6 is 23.1 Å². The Morgan fingerprint density at radius 3 is 2.90 bits per heavy atom. The summed E-state index contributed by atoms with van der Waals surface area (Å²) in [5.41, 5.74) is 1.15. The monoisotopic (exact) mass is 305 g/mol. The van der Waals surface area contributed by atoms with Crippen LogP contribution in [-0.2, 0) is 11.2 Å². The Hall–Kier alpha value is -1.66. The molecule has 0 atom stereocenters. The van der Waals surface area contributed by atoms with Crippen molar-refractivity contribution in [3.05, 3.63) is 48.6 Å². The van der Waals surface area contributed by atoms with E-state index in [0.29, 0.717) is 11.6 Å². The Bertz CT molecular complexity index is 569. The van der Waals surface area contributed by atoms with Gasteiger partial charge >= 0.3 is 0 Å². The van der Waals surface area contributed by atoms with Gasteiger partial charge < -0.3 is 5.32 Å². The molecule has 0 aliphatic heterocycles. The van der Waals surface area contributed by atoms with E-state index in [-0.39, 0.29) is 5.91 Å². The molecule has 0 aliphatic carbocycles. The summed E-state index contributed by atoms with van der Waals surface area (Å²) in [7, 11) is 0. The first kappa shape index (κ1) is 14.7. The maximum atomic E-state index is 11.8. The number of amides is 1. The van der Waals surface area contributed by atoms with Crippen molar-refractivity contribution in [3.63, 3.8) is 0 Å². The number of anilines is 1. The van der Waals surface area contributed by atoms with Gasteiger partial charge in [0.15, 0.2) is 4.34 Å². The summed E-state index contributed by atoms with van der Waals surface area (Å²) >= 11 is 2.94. The quantitative estimate of drug-likeness (QED) is 0.484. The van der Waals surface area contributed by atoms with Crippen LogP contribution in [0.1, 0.15) is 12.0 Å². The first-order valence-corrected chi connectivity index (χ1v) is 7.99. The van der Waals surface area contributed by atoms with Crippen LogP contribution in [0.2, 0.25) is 0 Å². The number of rotatable bonds is 7. The number of nitrogens with one attached hydrogen (secondary N) is 1. The highest BCUT2D eigenvalue weighted by Crippen LogP contribution is 2.25. The highest BCUT2D eigenvalue weighted by molar-refractivity contribution is 8.01. The van der Waals surface area contributed by atoms with Gasteiger partial charge in [0.25, 0.3) is 0 Å². The lowest BCUT2D eigenvalue weighted by atomic mass is 10.1. The highest BCUT2D eigenvalue weighted by atomic mass is 32.2. The molecular weight excluding hydrogens is 290 g/mol. The Balaban J connectivity index is 1.79. The van der Waals surface area contributed by atoms with E-state index in [1.54, 1.807) is 11.8 Å². The van der Waals surface area contributed by atoms with Crippen LogP contribution in [0.5, 0.6) is 0 Å². The SMILES string of the molecule is C=CCSc1nnc(NC(=O)CCc2ccccc2)s1. The van der Waals surface area contributed by atoms with E-state index in [4.69, 9.17) is 0 Å². The zero-order chi connectivity index (χ0) is 14.2. The molecule has 0 fully saturated rings. The van der Waals surface area contributed by atoms with Crippen molar-refractivity contribution in [2.45, 2.75) is 17.2 Å². The standard InChI is InChI=1S/C14H15N3OS2/c1-2-10-19-14-17-16-13(20-14)15-12(18)9-8-11-6-4-3-5-7-11/h2-7H,1,8-10H2,(H,15,16,18). The molecular formula is C14H15N3OS2. The Labute approximate surface area is 126 Å². The second-order valence-corrected chi connectivity index (χ2v) is 6.25. The van der Waals surface area contributed by atoms with Crippen LogP contribution < -0.4 is 5.32 Å². The average molecular weight is 305 g/mol. The lowest BCUT2D eigenvalue weighted by molar-refractivity contribution is -0.116. The number of aromatic nitrogens is 2. The Kier molecular flexibility index (Phi) is 5.76. The molecule has 0 unspecified atom stereocenters. The van der Waals surface area contributed by atoms with Gasteiger partial charge in [0.05, 0.1) is 0 Å². The number of nitrogens with zero attached hydrogens (tertiary/aromatic N) is 2. The number of thioether (sulfide) groups is 1. The van der Waals surface area contributed by atoms with Gasteiger partial charge in [-0.25, -0.2) is 0 Å². The molecule has 1 aromatic heterocycles. The Morgan fingerprint density at radius 2 is 2.15 bits per heavy atom. The van der Waals surface area contributed by atoms with Crippen LogP contribution in [-0.4, -0.2) is 21.9 Å². The maximum Gasteiger partial charge on any atom is 0.226 e. The van der Waals surface area contributed by atoms with Gasteiger partial charge in [-0.15, -0.1) is 16.8 Å². The van der Waals surface area contributed by atoms with Gasteiger partial charge in [-0.3, -0.25) is 4.79 Å². The van der Waals surface area contributed by atoms with Crippen molar-refractivity contribution >= 4 is 34.1 Å². The molecule has 1 N–H and O–H groups in total. The van der Waals surface area contributed by atoms with Crippen molar-refractivity contribution in [1.29, 1.82) is 0 Å². The van der Waals surface area contributed by atoms with E-state index in [1.165, 1.54) is 11.3 Å². The van der Waals surface area contributed by atoms with E-state index in [9.17, 15) is 4.79 Å². The third kappa shape index (κ3) is 4.79. The van der Waals surface area contributed by atoms with Crippen LogP contribution in [0.3, 0.4) is 0 Å². The summed E-state index contributed by atoms with van der Waals surface area (Å²) in [6.45, 7) is 3.65. The molecule has 2 rings (SSSR count). The van der Waals surface area contributed by atoms with E-state index in [1.807, 2.05) is 36.4 Å². The minimum Gasteiger partial charge on any atom is -0.300 e. The number of aryl methyl sites for hydroxylation is 1. The fourth-order valence-corrected chi connectivity index (χ4v) is 3.06. The third-order valence-electron chi connectivity index (χ3n) is 2.46. The van der Waals surface area contributed by atoms with E-state index in [2.05, 4.69) is 22.1 Å².